The first-order valence-corrected chi connectivity index (χ1v) is 8.14. The maximum Gasteiger partial charge on any atom is 0.0108 e. The van der Waals surface area contributed by atoms with Crippen LogP contribution in [0.1, 0.15) is 73.1 Å². The molecule has 1 atom stereocenters. The minimum absolute atomic E-state index is 0.522. The van der Waals surface area contributed by atoms with Crippen molar-refractivity contribution in [1.29, 1.82) is 0 Å². The summed E-state index contributed by atoms with van der Waals surface area (Å²) < 4.78 is 0. The minimum atomic E-state index is 0.522. The zero-order valence-corrected chi connectivity index (χ0v) is 13.2. The van der Waals surface area contributed by atoms with Crippen LogP contribution in [0.15, 0.2) is 0 Å². The van der Waals surface area contributed by atoms with E-state index >= 15 is 0 Å². The van der Waals surface area contributed by atoms with Crippen LogP contribution in [0.3, 0.4) is 0 Å². The zero-order valence-electron chi connectivity index (χ0n) is 13.2. The van der Waals surface area contributed by atoms with Crippen molar-refractivity contribution >= 4 is 0 Å². The molecule has 106 valence electrons. The highest BCUT2D eigenvalue weighted by atomic mass is 15.0. The molecule has 2 aliphatic carbocycles. The summed E-state index contributed by atoms with van der Waals surface area (Å²) in [5, 5.41) is 3.80. The number of hydrogen-bond donors (Lipinski definition) is 1. The molecule has 0 aliphatic heterocycles. The second-order valence-electron chi connectivity index (χ2n) is 7.82. The minimum Gasteiger partial charge on any atom is -0.314 e. The maximum atomic E-state index is 3.80. The quantitative estimate of drug-likeness (QED) is 0.752. The third-order valence-corrected chi connectivity index (χ3v) is 6.31. The molecule has 0 radical (unpaired) electrons. The Morgan fingerprint density at radius 3 is 2.00 bits per heavy atom. The normalized spacial score (nSPS) is 29.2. The second kappa shape index (κ2) is 5.15. The predicted molar refractivity (Wildman–Crippen MR) is 79.7 cm³/mol. The molecule has 0 aromatic carbocycles. The molecule has 0 aromatic rings. The summed E-state index contributed by atoms with van der Waals surface area (Å²) in [6.45, 7) is 13.2. The van der Waals surface area contributed by atoms with E-state index in [1.54, 1.807) is 0 Å². The number of nitrogens with one attached hydrogen (secondary N) is 1. The van der Waals surface area contributed by atoms with Gasteiger partial charge in [-0.2, -0.15) is 0 Å². The smallest absolute Gasteiger partial charge is 0.0108 e. The number of hydrogen-bond acceptors (Lipinski definition) is 1. The molecule has 1 unspecified atom stereocenters. The van der Waals surface area contributed by atoms with Gasteiger partial charge < -0.3 is 5.32 Å². The van der Waals surface area contributed by atoms with Crippen LogP contribution < -0.4 is 5.32 Å². The third kappa shape index (κ3) is 2.48. The lowest BCUT2D eigenvalue weighted by molar-refractivity contribution is 0.269. The second-order valence-corrected chi connectivity index (χ2v) is 7.82. The Kier molecular flexibility index (Phi) is 4.11. The van der Waals surface area contributed by atoms with Gasteiger partial charge >= 0.3 is 0 Å². The van der Waals surface area contributed by atoms with Crippen LogP contribution in [-0.2, 0) is 0 Å². The van der Waals surface area contributed by atoms with Crippen LogP contribution in [0.4, 0.5) is 0 Å². The molecule has 2 saturated carbocycles. The molecule has 18 heavy (non-hydrogen) atoms. The van der Waals surface area contributed by atoms with Gasteiger partial charge in [-0.25, -0.2) is 0 Å². The van der Waals surface area contributed by atoms with E-state index in [2.05, 4.69) is 39.9 Å². The fourth-order valence-electron chi connectivity index (χ4n) is 4.63. The van der Waals surface area contributed by atoms with Gasteiger partial charge in [-0.15, -0.1) is 0 Å². The van der Waals surface area contributed by atoms with Gasteiger partial charge in [0.15, 0.2) is 0 Å². The fraction of sp³-hybridized carbons (Fsp3) is 1.00. The van der Waals surface area contributed by atoms with Crippen LogP contribution in [-0.4, -0.2) is 12.6 Å². The van der Waals surface area contributed by atoms with E-state index in [0.29, 0.717) is 10.8 Å². The zero-order chi connectivity index (χ0) is 13.4. The molecule has 0 amide bonds. The van der Waals surface area contributed by atoms with Crippen molar-refractivity contribution in [1.82, 2.24) is 5.32 Å². The molecule has 2 rings (SSSR count). The topological polar surface area (TPSA) is 12.0 Å². The highest BCUT2D eigenvalue weighted by Gasteiger charge is 2.66. The Morgan fingerprint density at radius 2 is 1.56 bits per heavy atom. The SMILES string of the molecule is CCNC(CC1CCCCC1)C1C(C)(C)C1(C)C. The van der Waals surface area contributed by atoms with Crippen LogP contribution in [0.5, 0.6) is 0 Å². The van der Waals surface area contributed by atoms with Gasteiger partial charge in [0, 0.05) is 6.04 Å². The van der Waals surface area contributed by atoms with E-state index in [4.69, 9.17) is 0 Å². The van der Waals surface area contributed by atoms with E-state index in [-0.39, 0.29) is 0 Å². The molecule has 1 heteroatoms. The van der Waals surface area contributed by atoms with Crippen LogP contribution in [0.2, 0.25) is 0 Å². The Balaban J connectivity index is 1.96. The molecule has 0 aromatic heterocycles. The molecule has 1 nitrogen and oxygen atoms in total. The van der Waals surface area contributed by atoms with Crippen molar-refractivity contribution in [3.05, 3.63) is 0 Å². The molecule has 1 N–H and O–H groups in total. The van der Waals surface area contributed by atoms with E-state index < -0.39 is 0 Å². The first-order chi connectivity index (χ1) is 8.41. The molecule has 0 heterocycles. The highest BCUT2D eigenvalue weighted by Crippen LogP contribution is 2.70. The van der Waals surface area contributed by atoms with Crippen LogP contribution in [0, 0.1) is 22.7 Å². The van der Waals surface area contributed by atoms with Crippen LogP contribution >= 0.6 is 0 Å². The van der Waals surface area contributed by atoms with Gasteiger partial charge in [-0.1, -0.05) is 66.7 Å². The van der Waals surface area contributed by atoms with Gasteiger partial charge in [0.2, 0.25) is 0 Å². The van der Waals surface area contributed by atoms with Gasteiger partial charge in [0.25, 0.3) is 0 Å². The average molecular weight is 251 g/mol. The van der Waals surface area contributed by atoms with Crippen LogP contribution in [0.25, 0.3) is 0 Å². The summed E-state index contributed by atoms with van der Waals surface area (Å²) in [5.74, 6) is 1.86. The molecule has 0 bridgehead atoms. The summed E-state index contributed by atoms with van der Waals surface area (Å²) in [7, 11) is 0. The monoisotopic (exact) mass is 251 g/mol. The lowest BCUT2D eigenvalue weighted by atomic mass is 9.82. The van der Waals surface area contributed by atoms with Crippen molar-refractivity contribution in [2.24, 2.45) is 22.7 Å². The van der Waals surface area contributed by atoms with Crippen molar-refractivity contribution in [3.63, 3.8) is 0 Å². The molecule has 2 aliphatic rings. The Morgan fingerprint density at radius 1 is 1.00 bits per heavy atom. The summed E-state index contributed by atoms with van der Waals surface area (Å²) in [4.78, 5) is 0. The molecule has 0 spiro atoms. The Bertz CT molecular complexity index is 259. The molecule has 2 fully saturated rings. The summed E-state index contributed by atoms with van der Waals surface area (Å²) in [5.41, 5.74) is 1.04. The first kappa shape index (κ1) is 14.4. The molecule has 0 saturated heterocycles. The predicted octanol–water partition coefficient (Wildman–Crippen LogP) is 4.62. The Hall–Kier alpha value is -0.0400. The first-order valence-electron chi connectivity index (χ1n) is 8.14. The fourth-order valence-corrected chi connectivity index (χ4v) is 4.63. The van der Waals surface area contributed by atoms with Crippen molar-refractivity contribution in [2.75, 3.05) is 6.54 Å². The lowest BCUT2D eigenvalue weighted by Gasteiger charge is -2.28. The number of rotatable bonds is 5. The van der Waals surface area contributed by atoms with Gasteiger partial charge in [-0.3, -0.25) is 0 Å². The van der Waals surface area contributed by atoms with Crippen molar-refractivity contribution in [2.45, 2.75) is 79.2 Å². The van der Waals surface area contributed by atoms with E-state index in [1.165, 1.54) is 38.5 Å². The van der Waals surface area contributed by atoms with E-state index in [0.717, 1.165) is 24.4 Å². The molecular formula is C17H33N. The third-order valence-electron chi connectivity index (χ3n) is 6.31. The van der Waals surface area contributed by atoms with E-state index in [9.17, 15) is 0 Å². The molecular weight excluding hydrogens is 218 g/mol. The highest BCUT2D eigenvalue weighted by molar-refractivity contribution is 5.16. The Labute approximate surface area is 114 Å². The summed E-state index contributed by atoms with van der Waals surface area (Å²) in [6, 6.07) is 0.753. The summed E-state index contributed by atoms with van der Waals surface area (Å²) in [6.07, 6.45) is 8.81. The van der Waals surface area contributed by atoms with Gasteiger partial charge in [0.1, 0.15) is 0 Å². The average Bonchev–Trinajstić information content (AvgIpc) is 2.70. The lowest BCUT2D eigenvalue weighted by Crippen LogP contribution is -2.35. The van der Waals surface area contributed by atoms with Crippen molar-refractivity contribution < 1.29 is 0 Å². The maximum absolute atomic E-state index is 3.80. The van der Waals surface area contributed by atoms with E-state index in [1.807, 2.05) is 0 Å². The standard InChI is InChI=1S/C17H33N/c1-6-18-14(12-13-10-8-7-9-11-13)15-16(2,3)17(15,4)5/h13-15,18H,6-12H2,1-5H3. The summed E-state index contributed by atoms with van der Waals surface area (Å²) >= 11 is 0. The largest absolute Gasteiger partial charge is 0.314 e. The van der Waals surface area contributed by atoms with Crippen molar-refractivity contribution in [3.8, 4) is 0 Å². The van der Waals surface area contributed by atoms with Gasteiger partial charge in [-0.05, 0) is 35.6 Å². The van der Waals surface area contributed by atoms with Gasteiger partial charge in [0.05, 0.1) is 0 Å².